The summed E-state index contributed by atoms with van der Waals surface area (Å²) in [6, 6.07) is 5.27. The Bertz CT molecular complexity index is 524. The van der Waals surface area contributed by atoms with Crippen molar-refractivity contribution in [3.63, 3.8) is 0 Å². The molecule has 0 bridgehead atoms. The zero-order chi connectivity index (χ0) is 13.1. The highest BCUT2D eigenvalue weighted by Crippen LogP contribution is 2.24. The second-order valence-corrected chi connectivity index (χ2v) is 4.36. The van der Waals surface area contributed by atoms with Crippen molar-refractivity contribution >= 4 is 11.1 Å². The molecule has 0 amide bonds. The Morgan fingerprint density at radius 2 is 2.17 bits per heavy atom. The van der Waals surface area contributed by atoms with Crippen LogP contribution in [0.2, 0.25) is 0 Å². The zero-order valence-corrected chi connectivity index (χ0v) is 10.6. The van der Waals surface area contributed by atoms with Gasteiger partial charge < -0.3 is 19.9 Å². The number of fused-ring (bicyclic) bond motifs is 1. The molecule has 18 heavy (non-hydrogen) atoms. The van der Waals surface area contributed by atoms with Crippen LogP contribution in [-0.4, -0.2) is 34.9 Å². The van der Waals surface area contributed by atoms with Crippen LogP contribution in [0, 0.1) is 6.92 Å². The molecule has 0 aliphatic heterocycles. The van der Waals surface area contributed by atoms with Crippen molar-refractivity contribution < 1.29 is 14.6 Å². The minimum absolute atomic E-state index is 0.491. The number of nitrogens with one attached hydrogen (secondary N) is 1. The van der Waals surface area contributed by atoms with E-state index in [9.17, 15) is 10.2 Å². The first-order chi connectivity index (χ1) is 8.61. The summed E-state index contributed by atoms with van der Waals surface area (Å²) in [5.74, 6) is 0.590. The standard InChI is InChI=1S/C13H18N2O3/c1-8-15-10-4-3-9(7-12(10)18-8)13(17)11(16)5-6-14-2/h3-4,7,11,13-14,16-17H,5-6H2,1-2H3. The number of oxazole rings is 1. The first-order valence-corrected chi connectivity index (χ1v) is 5.99. The summed E-state index contributed by atoms with van der Waals surface area (Å²) in [4.78, 5) is 4.19. The third-order valence-corrected chi connectivity index (χ3v) is 2.92. The summed E-state index contributed by atoms with van der Waals surface area (Å²) in [6.07, 6.45) is -1.21. The number of hydrogen-bond acceptors (Lipinski definition) is 5. The van der Waals surface area contributed by atoms with Crippen LogP contribution in [0.25, 0.3) is 11.1 Å². The van der Waals surface area contributed by atoms with Gasteiger partial charge in [0.2, 0.25) is 0 Å². The van der Waals surface area contributed by atoms with Gasteiger partial charge in [-0.2, -0.15) is 0 Å². The van der Waals surface area contributed by atoms with Gasteiger partial charge in [0.1, 0.15) is 11.6 Å². The number of aliphatic hydroxyl groups excluding tert-OH is 2. The molecule has 1 aromatic heterocycles. The van der Waals surface area contributed by atoms with Crippen molar-refractivity contribution in [3.8, 4) is 0 Å². The van der Waals surface area contributed by atoms with Gasteiger partial charge in [0.15, 0.2) is 11.5 Å². The van der Waals surface area contributed by atoms with Crippen LogP contribution < -0.4 is 5.32 Å². The molecule has 0 radical (unpaired) electrons. The van der Waals surface area contributed by atoms with Crippen LogP contribution in [0.4, 0.5) is 0 Å². The predicted molar refractivity (Wildman–Crippen MR) is 68.3 cm³/mol. The molecule has 0 saturated carbocycles. The Morgan fingerprint density at radius 1 is 1.39 bits per heavy atom. The molecule has 5 heteroatoms. The topological polar surface area (TPSA) is 78.5 Å². The minimum atomic E-state index is -0.909. The molecule has 2 aromatic rings. The smallest absolute Gasteiger partial charge is 0.192 e. The van der Waals surface area contributed by atoms with Crippen LogP contribution in [0.15, 0.2) is 22.6 Å². The fourth-order valence-electron chi connectivity index (χ4n) is 1.91. The first-order valence-electron chi connectivity index (χ1n) is 5.99. The Balaban J connectivity index is 2.19. The summed E-state index contributed by atoms with van der Waals surface area (Å²) in [5, 5.41) is 22.8. The van der Waals surface area contributed by atoms with E-state index in [1.165, 1.54) is 0 Å². The average Bonchev–Trinajstić information content (AvgIpc) is 2.73. The molecule has 1 heterocycles. The summed E-state index contributed by atoms with van der Waals surface area (Å²) >= 11 is 0. The number of aliphatic hydroxyl groups is 2. The van der Waals surface area contributed by atoms with E-state index in [1.54, 1.807) is 25.1 Å². The third kappa shape index (κ3) is 2.69. The second kappa shape index (κ2) is 5.48. The maximum absolute atomic E-state index is 10.0. The second-order valence-electron chi connectivity index (χ2n) is 4.36. The van der Waals surface area contributed by atoms with Crippen LogP contribution >= 0.6 is 0 Å². The van der Waals surface area contributed by atoms with Gasteiger partial charge >= 0.3 is 0 Å². The van der Waals surface area contributed by atoms with E-state index >= 15 is 0 Å². The highest BCUT2D eigenvalue weighted by molar-refractivity contribution is 5.73. The van der Waals surface area contributed by atoms with E-state index in [-0.39, 0.29) is 0 Å². The Kier molecular flexibility index (Phi) is 3.96. The molecule has 3 N–H and O–H groups in total. The van der Waals surface area contributed by atoms with Crippen molar-refractivity contribution in [1.29, 1.82) is 0 Å². The molecular formula is C13H18N2O3. The van der Waals surface area contributed by atoms with Crippen molar-refractivity contribution in [2.24, 2.45) is 0 Å². The maximum atomic E-state index is 10.0. The lowest BCUT2D eigenvalue weighted by molar-refractivity contribution is 0.0141. The highest BCUT2D eigenvalue weighted by Gasteiger charge is 2.18. The molecule has 98 valence electrons. The minimum Gasteiger partial charge on any atom is -0.441 e. The molecule has 2 rings (SSSR count). The number of nitrogens with zero attached hydrogens (tertiary/aromatic N) is 1. The molecule has 0 saturated heterocycles. The Hall–Kier alpha value is -1.43. The van der Waals surface area contributed by atoms with Gasteiger partial charge in [0.25, 0.3) is 0 Å². The molecule has 0 fully saturated rings. The van der Waals surface area contributed by atoms with Crippen LogP contribution in [0.3, 0.4) is 0 Å². The molecule has 2 atom stereocenters. The summed E-state index contributed by atoms with van der Waals surface area (Å²) in [6.45, 7) is 2.43. The van der Waals surface area contributed by atoms with Crippen molar-refractivity contribution in [3.05, 3.63) is 29.7 Å². The Morgan fingerprint density at radius 3 is 2.89 bits per heavy atom. The number of benzene rings is 1. The van der Waals surface area contributed by atoms with Crippen molar-refractivity contribution in [2.75, 3.05) is 13.6 Å². The monoisotopic (exact) mass is 250 g/mol. The molecule has 1 aromatic carbocycles. The lowest BCUT2D eigenvalue weighted by Gasteiger charge is -2.17. The summed E-state index contributed by atoms with van der Waals surface area (Å²) < 4.78 is 5.40. The summed E-state index contributed by atoms with van der Waals surface area (Å²) in [5.41, 5.74) is 2.03. The number of hydrogen-bond donors (Lipinski definition) is 3. The Labute approximate surface area is 105 Å². The average molecular weight is 250 g/mol. The van der Waals surface area contributed by atoms with E-state index < -0.39 is 12.2 Å². The van der Waals surface area contributed by atoms with Gasteiger partial charge in [0, 0.05) is 6.92 Å². The maximum Gasteiger partial charge on any atom is 0.192 e. The summed E-state index contributed by atoms with van der Waals surface area (Å²) in [7, 11) is 1.81. The molecule has 0 aliphatic carbocycles. The van der Waals surface area contributed by atoms with Crippen molar-refractivity contribution in [2.45, 2.75) is 25.6 Å². The number of aryl methyl sites for hydroxylation is 1. The van der Waals surface area contributed by atoms with Gasteiger partial charge in [-0.05, 0) is 37.7 Å². The van der Waals surface area contributed by atoms with Crippen LogP contribution in [-0.2, 0) is 0 Å². The first kappa shape index (κ1) is 13.0. The van der Waals surface area contributed by atoms with Gasteiger partial charge in [-0.15, -0.1) is 0 Å². The fourth-order valence-corrected chi connectivity index (χ4v) is 1.91. The van der Waals surface area contributed by atoms with Crippen LogP contribution in [0.5, 0.6) is 0 Å². The lowest BCUT2D eigenvalue weighted by atomic mass is 10.0. The molecule has 0 spiro atoms. The molecule has 2 unspecified atom stereocenters. The largest absolute Gasteiger partial charge is 0.441 e. The van der Waals surface area contributed by atoms with Gasteiger partial charge in [-0.25, -0.2) is 4.98 Å². The van der Waals surface area contributed by atoms with Crippen LogP contribution in [0.1, 0.15) is 24.0 Å². The number of rotatable bonds is 5. The number of aromatic nitrogens is 1. The predicted octanol–water partition coefficient (Wildman–Crippen LogP) is 1.14. The van der Waals surface area contributed by atoms with E-state index in [1.807, 2.05) is 7.05 Å². The fraction of sp³-hybridized carbons (Fsp3) is 0.462. The lowest BCUT2D eigenvalue weighted by Crippen LogP contribution is -2.23. The SMILES string of the molecule is CNCCC(O)C(O)c1ccc2nc(C)oc2c1. The van der Waals surface area contributed by atoms with Gasteiger partial charge in [-0.1, -0.05) is 6.07 Å². The van der Waals surface area contributed by atoms with Gasteiger partial charge in [0.05, 0.1) is 6.10 Å². The molecule has 5 nitrogen and oxygen atoms in total. The normalized spacial score (nSPS) is 14.9. The van der Waals surface area contributed by atoms with E-state index in [2.05, 4.69) is 10.3 Å². The quantitative estimate of drug-likeness (QED) is 0.741. The molecule has 0 aliphatic rings. The molecular weight excluding hydrogens is 232 g/mol. The van der Waals surface area contributed by atoms with E-state index in [0.717, 1.165) is 5.52 Å². The van der Waals surface area contributed by atoms with Gasteiger partial charge in [-0.3, -0.25) is 0 Å². The van der Waals surface area contributed by atoms with E-state index in [0.29, 0.717) is 30.0 Å². The van der Waals surface area contributed by atoms with E-state index in [4.69, 9.17) is 4.42 Å². The van der Waals surface area contributed by atoms with Crippen molar-refractivity contribution in [1.82, 2.24) is 10.3 Å². The highest BCUT2D eigenvalue weighted by atomic mass is 16.3. The zero-order valence-electron chi connectivity index (χ0n) is 10.6. The third-order valence-electron chi connectivity index (χ3n) is 2.92.